The number of sulfonamides is 1. The average molecular weight is 389 g/mol. The van der Waals surface area contributed by atoms with Gasteiger partial charge in [-0.2, -0.15) is 0 Å². The standard InChI is InChI=1S/C15H14Cl2N2O4S/c1-9(23-14-7-2-10(16)8-13(14)17)15(20)19-11-3-5-12(6-4-11)24(18,21)22/h2-9H,1H3,(H,19,20)(H2,18,21,22). The zero-order valence-corrected chi connectivity index (χ0v) is 14.8. The van der Waals surface area contributed by atoms with Gasteiger partial charge < -0.3 is 10.1 Å². The maximum absolute atomic E-state index is 12.1. The van der Waals surface area contributed by atoms with E-state index in [9.17, 15) is 13.2 Å². The highest BCUT2D eigenvalue weighted by Crippen LogP contribution is 2.28. The predicted octanol–water partition coefficient (Wildman–Crippen LogP) is 3.05. The largest absolute Gasteiger partial charge is 0.479 e. The molecule has 1 amide bonds. The van der Waals surface area contributed by atoms with Gasteiger partial charge in [-0.05, 0) is 49.4 Å². The molecule has 24 heavy (non-hydrogen) atoms. The molecule has 0 heterocycles. The number of nitrogens with two attached hydrogens (primary N) is 1. The van der Waals surface area contributed by atoms with E-state index in [0.29, 0.717) is 21.5 Å². The van der Waals surface area contributed by atoms with Gasteiger partial charge in [-0.3, -0.25) is 4.79 Å². The topological polar surface area (TPSA) is 98.5 Å². The number of primary sulfonamides is 1. The molecule has 0 aromatic heterocycles. The zero-order chi connectivity index (χ0) is 17.9. The molecule has 0 aliphatic heterocycles. The molecular formula is C15H14Cl2N2O4S. The fourth-order valence-electron chi connectivity index (χ4n) is 1.79. The van der Waals surface area contributed by atoms with Crippen LogP contribution < -0.4 is 15.2 Å². The molecule has 1 unspecified atom stereocenters. The third-order valence-corrected chi connectivity index (χ3v) is 4.48. The van der Waals surface area contributed by atoms with Gasteiger partial charge >= 0.3 is 0 Å². The minimum atomic E-state index is -3.78. The number of hydrogen-bond acceptors (Lipinski definition) is 4. The number of anilines is 1. The van der Waals surface area contributed by atoms with E-state index in [1.54, 1.807) is 19.1 Å². The third-order valence-electron chi connectivity index (χ3n) is 3.02. The van der Waals surface area contributed by atoms with Crippen molar-refractivity contribution in [2.75, 3.05) is 5.32 Å². The van der Waals surface area contributed by atoms with Crippen LogP contribution in [0.3, 0.4) is 0 Å². The molecule has 0 saturated carbocycles. The monoisotopic (exact) mass is 388 g/mol. The van der Waals surface area contributed by atoms with Gasteiger partial charge in [-0.1, -0.05) is 23.2 Å². The van der Waals surface area contributed by atoms with Crippen LogP contribution in [0.4, 0.5) is 5.69 Å². The van der Waals surface area contributed by atoms with Crippen LogP contribution in [0.15, 0.2) is 47.4 Å². The van der Waals surface area contributed by atoms with Crippen molar-refractivity contribution in [1.29, 1.82) is 0 Å². The maximum Gasteiger partial charge on any atom is 0.265 e. The Hall–Kier alpha value is -1.80. The minimum Gasteiger partial charge on any atom is -0.479 e. The zero-order valence-electron chi connectivity index (χ0n) is 12.5. The molecule has 9 heteroatoms. The molecular weight excluding hydrogens is 375 g/mol. The second-order valence-electron chi connectivity index (χ2n) is 4.89. The summed E-state index contributed by atoms with van der Waals surface area (Å²) in [6.45, 7) is 1.55. The molecule has 6 nitrogen and oxygen atoms in total. The molecule has 2 aromatic rings. The molecule has 0 radical (unpaired) electrons. The number of carbonyl (C=O) groups excluding carboxylic acids is 1. The Bertz CT molecular complexity index is 854. The fourth-order valence-corrected chi connectivity index (χ4v) is 2.76. The average Bonchev–Trinajstić information content (AvgIpc) is 2.49. The van der Waals surface area contributed by atoms with Crippen molar-refractivity contribution < 1.29 is 17.9 Å². The van der Waals surface area contributed by atoms with E-state index in [4.69, 9.17) is 33.1 Å². The van der Waals surface area contributed by atoms with Crippen LogP contribution in [0.1, 0.15) is 6.92 Å². The summed E-state index contributed by atoms with van der Waals surface area (Å²) in [6.07, 6.45) is -0.832. The van der Waals surface area contributed by atoms with E-state index in [2.05, 4.69) is 5.32 Å². The molecule has 0 aliphatic rings. The number of halogens is 2. The highest BCUT2D eigenvalue weighted by Gasteiger charge is 2.17. The number of hydrogen-bond donors (Lipinski definition) is 2. The van der Waals surface area contributed by atoms with Crippen molar-refractivity contribution >= 4 is 44.8 Å². The van der Waals surface area contributed by atoms with Crippen molar-refractivity contribution in [3.8, 4) is 5.75 Å². The maximum atomic E-state index is 12.1. The van der Waals surface area contributed by atoms with Crippen LogP contribution >= 0.6 is 23.2 Å². The molecule has 0 fully saturated rings. The van der Waals surface area contributed by atoms with Gasteiger partial charge in [0.25, 0.3) is 5.91 Å². The summed E-state index contributed by atoms with van der Waals surface area (Å²) in [5.41, 5.74) is 0.407. The van der Waals surface area contributed by atoms with E-state index in [1.807, 2.05) is 0 Å². The smallest absolute Gasteiger partial charge is 0.265 e. The van der Waals surface area contributed by atoms with Crippen LogP contribution in [0, 0.1) is 0 Å². The SMILES string of the molecule is CC(Oc1ccc(Cl)cc1Cl)C(=O)Nc1ccc(S(N)(=O)=O)cc1. The fraction of sp³-hybridized carbons (Fsp3) is 0.133. The Morgan fingerprint density at radius 2 is 1.79 bits per heavy atom. The van der Waals surface area contributed by atoms with E-state index in [1.165, 1.54) is 30.3 Å². The van der Waals surface area contributed by atoms with Crippen LogP contribution in [-0.4, -0.2) is 20.4 Å². The molecule has 0 bridgehead atoms. The van der Waals surface area contributed by atoms with E-state index >= 15 is 0 Å². The van der Waals surface area contributed by atoms with E-state index in [0.717, 1.165) is 0 Å². The summed E-state index contributed by atoms with van der Waals surface area (Å²) in [7, 11) is -3.78. The first-order valence-electron chi connectivity index (χ1n) is 6.72. The van der Waals surface area contributed by atoms with Gasteiger partial charge in [-0.25, -0.2) is 13.6 Å². The summed E-state index contributed by atoms with van der Waals surface area (Å²) in [5.74, 6) is -0.0994. The molecule has 0 aliphatic carbocycles. The molecule has 3 N–H and O–H groups in total. The first-order chi connectivity index (χ1) is 11.2. The normalized spacial score (nSPS) is 12.5. The molecule has 0 spiro atoms. The lowest BCUT2D eigenvalue weighted by Gasteiger charge is -2.16. The highest BCUT2D eigenvalue weighted by molar-refractivity contribution is 7.89. The van der Waals surface area contributed by atoms with Crippen LogP contribution in [0.5, 0.6) is 5.75 Å². The summed E-state index contributed by atoms with van der Waals surface area (Å²) in [4.78, 5) is 12.1. The Morgan fingerprint density at radius 3 is 2.33 bits per heavy atom. The molecule has 2 aromatic carbocycles. The summed E-state index contributed by atoms with van der Waals surface area (Å²) in [5, 5.41) is 8.36. The van der Waals surface area contributed by atoms with Gasteiger partial charge in [0.05, 0.1) is 9.92 Å². The van der Waals surface area contributed by atoms with Crippen molar-refractivity contribution in [2.45, 2.75) is 17.9 Å². The number of carbonyl (C=O) groups is 1. The van der Waals surface area contributed by atoms with Crippen molar-refractivity contribution in [3.63, 3.8) is 0 Å². The second-order valence-corrected chi connectivity index (χ2v) is 7.30. The molecule has 2 rings (SSSR count). The van der Waals surface area contributed by atoms with Crippen LogP contribution in [-0.2, 0) is 14.8 Å². The van der Waals surface area contributed by atoms with Gasteiger partial charge in [0.1, 0.15) is 5.75 Å². The molecule has 128 valence electrons. The van der Waals surface area contributed by atoms with Gasteiger partial charge in [0, 0.05) is 10.7 Å². The second kappa shape index (κ2) is 7.40. The van der Waals surface area contributed by atoms with Crippen LogP contribution in [0.2, 0.25) is 10.0 Å². The Balaban J connectivity index is 2.03. The van der Waals surface area contributed by atoms with E-state index < -0.39 is 22.0 Å². The molecule has 0 saturated heterocycles. The Morgan fingerprint density at radius 1 is 1.17 bits per heavy atom. The number of benzene rings is 2. The first kappa shape index (κ1) is 18.5. The van der Waals surface area contributed by atoms with Crippen LogP contribution in [0.25, 0.3) is 0 Å². The summed E-state index contributed by atoms with van der Waals surface area (Å²) in [6, 6.07) is 10.1. The third kappa shape index (κ3) is 4.85. The lowest BCUT2D eigenvalue weighted by Crippen LogP contribution is -2.30. The Kier molecular flexibility index (Phi) is 5.71. The lowest BCUT2D eigenvalue weighted by molar-refractivity contribution is -0.122. The lowest BCUT2D eigenvalue weighted by atomic mass is 10.3. The van der Waals surface area contributed by atoms with Crippen molar-refractivity contribution in [1.82, 2.24) is 0 Å². The highest BCUT2D eigenvalue weighted by atomic mass is 35.5. The predicted molar refractivity (Wildman–Crippen MR) is 93.0 cm³/mol. The van der Waals surface area contributed by atoms with Crippen molar-refractivity contribution in [2.24, 2.45) is 5.14 Å². The van der Waals surface area contributed by atoms with Crippen molar-refractivity contribution in [3.05, 3.63) is 52.5 Å². The van der Waals surface area contributed by atoms with Gasteiger partial charge in [0.2, 0.25) is 10.0 Å². The first-order valence-corrected chi connectivity index (χ1v) is 9.02. The number of rotatable bonds is 5. The number of amides is 1. The quantitative estimate of drug-likeness (QED) is 0.821. The minimum absolute atomic E-state index is 0.0438. The Labute approximate surface area is 149 Å². The van der Waals surface area contributed by atoms with Gasteiger partial charge in [-0.15, -0.1) is 0 Å². The van der Waals surface area contributed by atoms with E-state index in [-0.39, 0.29) is 4.90 Å². The number of nitrogens with one attached hydrogen (secondary N) is 1. The summed E-state index contributed by atoms with van der Waals surface area (Å²) < 4.78 is 27.9. The summed E-state index contributed by atoms with van der Waals surface area (Å²) >= 11 is 11.8. The molecule has 1 atom stereocenters. The van der Waals surface area contributed by atoms with Gasteiger partial charge in [0.15, 0.2) is 6.10 Å². The number of ether oxygens (including phenoxy) is 1.